The van der Waals surface area contributed by atoms with E-state index in [4.69, 9.17) is 6.42 Å². The highest BCUT2D eigenvalue weighted by atomic mass is 16.5. The summed E-state index contributed by atoms with van der Waals surface area (Å²) in [5, 5.41) is 0. The molecule has 0 atom stereocenters. The lowest BCUT2D eigenvalue weighted by atomic mass is 10.0. The summed E-state index contributed by atoms with van der Waals surface area (Å²) in [6.45, 7) is 0. The largest absolute Gasteiger partial charge is 0.469 e. The fraction of sp³-hybridized carbons (Fsp3) is 0.857. The van der Waals surface area contributed by atoms with Crippen LogP contribution in [0.15, 0.2) is 0 Å². The van der Waals surface area contributed by atoms with Crippen molar-refractivity contribution in [1.82, 2.24) is 0 Å². The predicted octanol–water partition coefficient (Wildman–Crippen LogP) is 6.42. The van der Waals surface area contributed by atoms with Gasteiger partial charge < -0.3 is 4.74 Å². The highest BCUT2D eigenvalue weighted by molar-refractivity contribution is 5.68. The second-order valence-electron chi connectivity index (χ2n) is 6.58. The SMILES string of the molecule is C#CCCCCCCCCCCCCCCCCCC(=O)OC. The van der Waals surface area contributed by atoms with Crippen LogP contribution in [0.4, 0.5) is 0 Å². The van der Waals surface area contributed by atoms with Gasteiger partial charge in [-0.05, 0) is 12.8 Å². The van der Waals surface area contributed by atoms with Gasteiger partial charge in [-0.2, -0.15) is 0 Å². The van der Waals surface area contributed by atoms with E-state index in [1.165, 1.54) is 90.6 Å². The molecule has 0 N–H and O–H groups in total. The summed E-state index contributed by atoms with van der Waals surface area (Å²) in [7, 11) is 1.46. The Hall–Kier alpha value is -0.970. The third kappa shape index (κ3) is 19.0. The minimum absolute atomic E-state index is 0.0717. The Morgan fingerprint density at radius 1 is 0.696 bits per heavy atom. The molecule has 0 heterocycles. The first-order valence-corrected chi connectivity index (χ1v) is 9.81. The summed E-state index contributed by atoms with van der Waals surface area (Å²) >= 11 is 0. The van der Waals surface area contributed by atoms with Crippen LogP contribution in [0.25, 0.3) is 0 Å². The van der Waals surface area contributed by atoms with E-state index in [1.54, 1.807) is 0 Å². The average molecular weight is 323 g/mol. The van der Waals surface area contributed by atoms with Crippen LogP contribution < -0.4 is 0 Å². The molecule has 2 nitrogen and oxygen atoms in total. The van der Waals surface area contributed by atoms with Gasteiger partial charge >= 0.3 is 5.97 Å². The molecule has 0 aliphatic carbocycles. The fourth-order valence-electron chi connectivity index (χ4n) is 2.90. The number of hydrogen-bond acceptors (Lipinski definition) is 2. The zero-order chi connectivity index (χ0) is 17.0. The number of methoxy groups -OCH3 is 1. The maximum atomic E-state index is 10.9. The lowest BCUT2D eigenvalue weighted by Crippen LogP contribution is -1.99. The average Bonchev–Trinajstić information content (AvgIpc) is 2.57. The zero-order valence-electron chi connectivity index (χ0n) is 15.4. The number of terminal acetylenes is 1. The highest BCUT2D eigenvalue weighted by Crippen LogP contribution is 2.14. The van der Waals surface area contributed by atoms with Gasteiger partial charge in [-0.15, -0.1) is 12.3 Å². The van der Waals surface area contributed by atoms with Crippen LogP contribution in [0.3, 0.4) is 0 Å². The molecule has 0 aromatic rings. The molecule has 0 amide bonds. The smallest absolute Gasteiger partial charge is 0.305 e. The van der Waals surface area contributed by atoms with Crippen LogP contribution in [0.5, 0.6) is 0 Å². The first-order chi connectivity index (χ1) is 11.3. The van der Waals surface area contributed by atoms with E-state index in [0.29, 0.717) is 6.42 Å². The zero-order valence-corrected chi connectivity index (χ0v) is 15.4. The Morgan fingerprint density at radius 2 is 1.04 bits per heavy atom. The van der Waals surface area contributed by atoms with Crippen molar-refractivity contribution in [3.05, 3.63) is 0 Å². The molecule has 0 aliphatic rings. The third-order valence-electron chi connectivity index (χ3n) is 4.43. The van der Waals surface area contributed by atoms with Gasteiger partial charge in [0.05, 0.1) is 7.11 Å². The third-order valence-corrected chi connectivity index (χ3v) is 4.43. The molecule has 0 aromatic carbocycles. The summed E-state index contributed by atoms with van der Waals surface area (Å²) in [5.74, 6) is 2.63. The molecule has 0 fully saturated rings. The molecule has 134 valence electrons. The lowest BCUT2D eigenvalue weighted by Gasteiger charge is -2.03. The monoisotopic (exact) mass is 322 g/mol. The first kappa shape index (κ1) is 22.0. The molecule has 0 aliphatic heterocycles. The van der Waals surface area contributed by atoms with Crippen molar-refractivity contribution >= 4 is 5.97 Å². The number of carbonyl (C=O) groups is 1. The van der Waals surface area contributed by atoms with Gasteiger partial charge in [0.25, 0.3) is 0 Å². The van der Waals surface area contributed by atoms with Crippen LogP contribution in [0.1, 0.15) is 109 Å². The van der Waals surface area contributed by atoms with Gasteiger partial charge in [0, 0.05) is 12.8 Å². The maximum absolute atomic E-state index is 10.9. The topological polar surface area (TPSA) is 26.3 Å². The summed E-state index contributed by atoms with van der Waals surface area (Å²) < 4.78 is 4.63. The van der Waals surface area contributed by atoms with Gasteiger partial charge in [0.1, 0.15) is 0 Å². The molecule has 0 spiro atoms. The van der Waals surface area contributed by atoms with E-state index in [0.717, 1.165) is 19.3 Å². The van der Waals surface area contributed by atoms with Crippen LogP contribution in [0.2, 0.25) is 0 Å². The van der Waals surface area contributed by atoms with Crippen LogP contribution in [-0.4, -0.2) is 13.1 Å². The Balaban J connectivity index is 3.00. The van der Waals surface area contributed by atoms with E-state index in [9.17, 15) is 4.79 Å². The van der Waals surface area contributed by atoms with E-state index in [-0.39, 0.29) is 5.97 Å². The van der Waals surface area contributed by atoms with Crippen LogP contribution >= 0.6 is 0 Å². The molecule has 23 heavy (non-hydrogen) atoms. The van der Waals surface area contributed by atoms with Crippen LogP contribution in [-0.2, 0) is 9.53 Å². The molecule has 0 aromatic heterocycles. The van der Waals surface area contributed by atoms with E-state index in [1.807, 2.05) is 0 Å². The first-order valence-electron chi connectivity index (χ1n) is 9.81. The summed E-state index contributed by atoms with van der Waals surface area (Å²) in [6, 6.07) is 0. The minimum Gasteiger partial charge on any atom is -0.469 e. The molecular weight excluding hydrogens is 284 g/mol. The molecular formula is C21H38O2. The van der Waals surface area contributed by atoms with Gasteiger partial charge in [0.15, 0.2) is 0 Å². The van der Waals surface area contributed by atoms with Gasteiger partial charge in [0.2, 0.25) is 0 Å². The molecule has 0 unspecified atom stereocenters. The Bertz CT molecular complexity index is 291. The highest BCUT2D eigenvalue weighted by Gasteiger charge is 1.99. The standard InChI is InChI=1S/C21H38O2/c1-3-4-5-6-7-8-9-10-11-12-13-14-15-16-17-18-19-20-21(22)23-2/h1H,4-20H2,2H3. The van der Waals surface area contributed by atoms with Crippen molar-refractivity contribution in [1.29, 1.82) is 0 Å². The Kier molecular flexibility index (Phi) is 18.3. The van der Waals surface area contributed by atoms with Crippen molar-refractivity contribution in [2.75, 3.05) is 7.11 Å². The molecule has 2 heteroatoms. The van der Waals surface area contributed by atoms with E-state index >= 15 is 0 Å². The van der Waals surface area contributed by atoms with Gasteiger partial charge in [-0.3, -0.25) is 4.79 Å². The number of carbonyl (C=O) groups excluding carboxylic acids is 1. The minimum atomic E-state index is -0.0717. The Labute approximate surface area is 144 Å². The lowest BCUT2D eigenvalue weighted by molar-refractivity contribution is -0.140. The van der Waals surface area contributed by atoms with Crippen molar-refractivity contribution in [3.63, 3.8) is 0 Å². The molecule has 0 rings (SSSR count). The number of esters is 1. The van der Waals surface area contributed by atoms with Crippen LogP contribution in [0, 0.1) is 12.3 Å². The normalized spacial score (nSPS) is 10.4. The molecule has 0 radical (unpaired) electrons. The fourth-order valence-corrected chi connectivity index (χ4v) is 2.90. The maximum Gasteiger partial charge on any atom is 0.305 e. The Morgan fingerprint density at radius 3 is 1.39 bits per heavy atom. The predicted molar refractivity (Wildman–Crippen MR) is 99.3 cm³/mol. The number of ether oxygens (including phenoxy) is 1. The summed E-state index contributed by atoms with van der Waals surface area (Å²) in [5.41, 5.74) is 0. The van der Waals surface area contributed by atoms with E-state index in [2.05, 4.69) is 10.7 Å². The molecule has 0 bridgehead atoms. The molecule has 0 saturated carbocycles. The summed E-state index contributed by atoms with van der Waals surface area (Å²) in [4.78, 5) is 10.9. The van der Waals surface area contributed by atoms with Crippen molar-refractivity contribution in [2.45, 2.75) is 109 Å². The number of rotatable bonds is 17. The summed E-state index contributed by atoms with van der Waals surface area (Å²) in [6.07, 6.45) is 26.5. The van der Waals surface area contributed by atoms with Gasteiger partial charge in [-0.25, -0.2) is 0 Å². The second kappa shape index (κ2) is 19.1. The number of hydrogen-bond donors (Lipinski definition) is 0. The van der Waals surface area contributed by atoms with E-state index < -0.39 is 0 Å². The quantitative estimate of drug-likeness (QED) is 0.175. The van der Waals surface area contributed by atoms with Gasteiger partial charge in [-0.1, -0.05) is 83.5 Å². The molecule has 0 saturated heterocycles. The van der Waals surface area contributed by atoms with Crippen molar-refractivity contribution < 1.29 is 9.53 Å². The second-order valence-corrected chi connectivity index (χ2v) is 6.58. The number of unbranched alkanes of at least 4 members (excludes halogenated alkanes) is 15. The van der Waals surface area contributed by atoms with Crippen molar-refractivity contribution in [2.24, 2.45) is 0 Å². The van der Waals surface area contributed by atoms with Crippen molar-refractivity contribution in [3.8, 4) is 12.3 Å².